The highest BCUT2D eigenvalue weighted by molar-refractivity contribution is 7.89. The highest BCUT2D eigenvalue weighted by Gasteiger charge is 2.33. The van der Waals surface area contributed by atoms with Gasteiger partial charge in [-0.05, 0) is 49.4 Å². The van der Waals surface area contributed by atoms with Crippen molar-refractivity contribution in [2.45, 2.75) is 18.0 Å². The van der Waals surface area contributed by atoms with Gasteiger partial charge in [0.15, 0.2) is 0 Å². The second-order valence-electron chi connectivity index (χ2n) is 6.25. The summed E-state index contributed by atoms with van der Waals surface area (Å²) in [6.07, 6.45) is -4.71. The molecule has 0 unspecified atom stereocenters. The minimum atomic E-state index is -4.71. The zero-order valence-corrected chi connectivity index (χ0v) is 17.9. The summed E-state index contributed by atoms with van der Waals surface area (Å²) >= 11 is 5.53. The molecule has 0 bridgehead atoms. The van der Waals surface area contributed by atoms with Gasteiger partial charge in [-0.15, -0.1) is 0 Å². The van der Waals surface area contributed by atoms with Gasteiger partial charge >= 0.3 is 12.1 Å². The number of esters is 1. The summed E-state index contributed by atoms with van der Waals surface area (Å²) in [7, 11) is -2.96. The largest absolute Gasteiger partial charge is 0.462 e. The standard InChI is InChI=1S/C19H18ClF3N2O5S/c1-3-30-18(27)12-4-7-14(8-5-12)31(28,29)25(2)11-17(26)24-13-6-9-16(20)15(10-13)19(21,22)23/h4-10H,3,11H2,1-2H3,(H,24,26). The third-order valence-electron chi connectivity index (χ3n) is 4.00. The van der Waals surface area contributed by atoms with Gasteiger partial charge in [-0.3, -0.25) is 4.79 Å². The summed E-state index contributed by atoms with van der Waals surface area (Å²) in [6.45, 7) is 1.13. The number of sulfonamides is 1. The monoisotopic (exact) mass is 478 g/mol. The van der Waals surface area contributed by atoms with Gasteiger partial charge in [0.1, 0.15) is 0 Å². The minimum absolute atomic E-state index is 0.157. The first-order valence-corrected chi connectivity index (χ1v) is 10.6. The van der Waals surface area contributed by atoms with E-state index in [4.69, 9.17) is 16.3 Å². The quantitative estimate of drug-likeness (QED) is 0.611. The molecular weight excluding hydrogens is 461 g/mol. The van der Waals surface area contributed by atoms with Gasteiger partial charge in [0.05, 0.1) is 34.2 Å². The van der Waals surface area contributed by atoms with Crippen molar-refractivity contribution >= 4 is 39.2 Å². The molecule has 2 rings (SSSR count). The molecule has 1 amide bonds. The minimum Gasteiger partial charge on any atom is -0.462 e. The Labute approximate surface area is 181 Å². The van der Waals surface area contributed by atoms with E-state index in [2.05, 4.69) is 5.32 Å². The molecule has 168 valence electrons. The van der Waals surface area contributed by atoms with E-state index >= 15 is 0 Å². The van der Waals surface area contributed by atoms with Gasteiger partial charge in [-0.2, -0.15) is 17.5 Å². The predicted molar refractivity (Wildman–Crippen MR) is 107 cm³/mol. The Morgan fingerprint density at radius 1 is 1.13 bits per heavy atom. The number of nitrogens with zero attached hydrogens (tertiary/aromatic N) is 1. The Balaban J connectivity index is 2.11. The first-order chi connectivity index (χ1) is 14.4. The lowest BCUT2D eigenvalue weighted by molar-refractivity contribution is -0.137. The van der Waals surface area contributed by atoms with Crippen LogP contribution in [0.3, 0.4) is 0 Å². The molecule has 2 aromatic carbocycles. The van der Waals surface area contributed by atoms with Crippen molar-refractivity contribution < 1.29 is 35.9 Å². The number of amides is 1. The number of hydrogen-bond acceptors (Lipinski definition) is 5. The number of likely N-dealkylation sites (N-methyl/N-ethyl adjacent to an activating group) is 1. The van der Waals surface area contributed by atoms with E-state index < -0.39 is 45.2 Å². The summed E-state index contributed by atoms with van der Waals surface area (Å²) in [6, 6.07) is 7.71. The smallest absolute Gasteiger partial charge is 0.417 e. The van der Waals surface area contributed by atoms with E-state index in [0.717, 1.165) is 23.5 Å². The van der Waals surface area contributed by atoms with Crippen molar-refractivity contribution in [3.63, 3.8) is 0 Å². The van der Waals surface area contributed by atoms with E-state index in [1.54, 1.807) is 6.92 Å². The molecule has 0 saturated carbocycles. The molecule has 12 heteroatoms. The zero-order chi connectivity index (χ0) is 23.4. The molecule has 0 spiro atoms. The fraction of sp³-hybridized carbons (Fsp3) is 0.263. The summed E-state index contributed by atoms with van der Waals surface area (Å²) < 4.78 is 69.6. The van der Waals surface area contributed by atoms with Crippen LogP contribution in [0.25, 0.3) is 0 Å². The van der Waals surface area contributed by atoms with E-state index in [9.17, 15) is 31.2 Å². The Morgan fingerprint density at radius 3 is 2.29 bits per heavy atom. The molecule has 0 saturated heterocycles. The Morgan fingerprint density at radius 2 is 1.74 bits per heavy atom. The molecule has 0 aromatic heterocycles. The van der Waals surface area contributed by atoms with Crippen molar-refractivity contribution in [2.75, 3.05) is 25.5 Å². The van der Waals surface area contributed by atoms with Crippen LogP contribution in [0.2, 0.25) is 5.02 Å². The van der Waals surface area contributed by atoms with Crippen molar-refractivity contribution in [2.24, 2.45) is 0 Å². The molecule has 7 nitrogen and oxygen atoms in total. The lowest BCUT2D eigenvalue weighted by Crippen LogP contribution is -2.35. The third-order valence-corrected chi connectivity index (χ3v) is 6.14. The molecule has 0 aliphatic heterocycles. The van der Waals surface area contributed by atoms with Crippen LogP contribution in [-0.4, -0.2) is 44.8 Å². The van der Waals surface area contributed by atoms with Crippen molar-refractivity contribution in [1.29, 1.82) is 0 Å². The molecule has 0 aliphatic rings. The number of carbonyl (C=O) groups excluding carboxylic acids is 2. The van der Waals surface area contributed by atoms with Crippen LogP contribution in [0.4, 0.5) is 18.9 Å². The topological polar surface area (TPSA) is 92.8 Å². The Kier molecular flexibility index (Phi) is 7.68. The first kappa shape index (κ1) is 24.6. The van der Waals surface area contributed by atoms with Crippen molar-refractivity contribution in [3.8, 4) is 0 Å². The fourth-order valence-electron chi connectivity index (χ4n) is 2.47. The maximum atomic E-state index is 12.9. The number of ether oxygens (including phenoxy) is 1. The lowest BCUT2D eigenvalue weighted by Gasteiger charge is -2.17. The molecule has 1 N–H and O–H groups in total. The Bertz CT molecular complexity index is 1070. The third kappa shape index (κ3) is 6.18. The van der Waals surface area contributed by atoms with Crippen LogP contribution in [0, 0.1) is 0 Å². The average molecular weight is 479 g/mol. The van der Waals surface area contributed by atoms with Crippen LogP contribution in [0.15, 0.2) is 47.4 Å². The van der Waals surface area contributed by atoms with Gasteiger partial charge in [0, 0.05) is 12.7 Å². The van der Waals surface area contributed by atoms with Crippen molar-refractivity contribution in [3.05, 3.63) is 58.6 Å². The van der Waals surface area contributed by atoms with Gasteiger partial charge in [0.2, 0.25) is 15.9 Å². The number of hydrogen-bond donors (Lipinski definition) is 1. The molecule has 0 fully saturated rings. The van der Waals surface area contributed by atoms with Gasteiger partial charge < -0.3 is 10.1 Å². The highest BCUT2D eigenvalue weighted by atomic mass is 35.5. The number of carbonyl (C=O) groups is 2. The fourth-order valence-corrected chi connectivity index (χ4v) is 3.82. The van der Waals surface area contributed by atoms with Crippen LogP contribution >= 0.6 is 11.6 Å². The molecule has 0 atom stereocenters. The maximum absolute atomic E-state index is 12.9. The number of nitrogens with one attached hydrogen (secondary N) is 1. The molecular formula is C19H18ClF3N2O5S. The molecule has 0 radical (unpaired) electrons. The number of anilines is 1. The highest BCUT2D eigenvalue weighted by Crippen LogP contribution is 2.36. The van der Waals surface area contributed by atoms with E-state index in [1.807, 2.05) is 0 Å². The Hall–Kier alpha value is -2.63. The van der Waals surface area contributed by atoms with Crippen LogP contribution < -0.4 is 5.32 Å². The second-order valence-corrected chi connectivity index (χ2v) is 8.70. The summed E-state index contributed by atoms with van der Waals surface area (Å²) in [5.41, 5.74) is -1.16. The van der Waals surface area contributed by atoms with Gasteiger partial charge in [-0.25, -0.2) is 13.2 Å². The van der Waals surface area contributed by atoms with E-state index in [-0.39, 0.29) is 22.8 Å². The van der Waals surface area contributed by atoms with Crippen LogP contribution in [0.5, 0.6) is 0 Å². The molecule has 31 heavy (non-hydrogen) atoms. The number of alkyl halides is 3. The van der Waals surface area contributed by atoms with Crippen molar-refractivity contribution in [1.82, 2.24) is 4.31 Å². The maximum Gasteiger partial charge on any atom is 0.417 e. The molecule has 0 aliphatic carbocycles. The summed E-state index contributed by atoms with van der Waals surface area (Å²) in [5, 5.41) is 1.68. The summed E-state index contributed by atoms with van der Waals surface area (Å²) in [4.78, 5) is 23.6. The average Bonchev–Trinajstić information content (AvgIpc) is 2.68. The van der Waals surface area contributed by atoms with Gasteiger partial charge in [0.25, 0.3) is 0 Å². The number of halogens is 4. The zero-order valence-electron chi connectivity index (χ0n) is 16.4. The lowest BCUT2D eigenvalue weighted by atomic mass is 10.2. The second kappa shape index (κ2) is 9.67. The molecule has 2 aromatic rings. The summed E-state index contributed by atoms with van der Waals surface area (Å²) in [5.74, 6) is -1.47. The SMILES string of the molecule is CCOC(=O)c1ccc(S(=O)(=O)N(C)CC(=O)Nc2ccc(Cl)c(C(F)(F)F)c2)cc1. The number of benzene rings is 2. The number of rotatable bonds is 7. The first-order valence-electron chi connectivity index (χ1n) is 8.76. The van der Waals surface area contributed by atoms with Crippen LogP contribution in [0.1, 0.15) is 22.8 Å². The van der Waals surface area contributed by atoms with E-state index in [1.165, 1.54) is 24.3 Å². The molecule has 0 heterocycles. The predicted octanol–water partition coefficient (Wildman–Crippen LogP) is 3.79. The van der Waals surface area contributed by atoms with E-state index in [0.29, 0.717) is 6.07 Å². The normalized spacial score (nSPS) is 12.0. The van der Waals surface area contributed by atoms with Crippen LogP contribution in [-0.2, 0) is 25.7 Å². The van der Waals surface area contributed by atoms with Gasteiger partial charge in [-0.1, -0.05) is 11.6 Å².